The van der Waals surface area contributed by atoms with Crippen molar-refractivity contribution in [1.29, 1.82) is 0 Å². The Labute approximate surface area is 199 Å². The number of hydrogen-bond acceptors (Lipinski definition) is 3. The first-order chi connectivity index (χ1) is 14.8. The normalized spacial score (nSPS) is 12.8. The lowest BCUT2D eigenvalue weighted by Gasteiger charge is -2.30. The van der Waals surface area contributed by atoms with Gasteiger partial charge in [-0.1, -0.05) is 66.5 Å². The van der Waals surface area contributed by atoms with Crippen LogP contribution in [0.5, 0.6) is 0 Å². The summed E-state index contributed by atoms with van der Waals surface area (Å²) in [5.41, 5.74) is 1.88. The summed E-state index contributed by atoms with van der Waals surface area (Å²) in [5, 5.41) is 3.93. The van der Waals surface area contributed by atoms with Gasteiger partial charge >= 0.3 is 0 Å². The number of carbonyl (C=O) groups is 2. The number of halogens is 2. The van der Waals surface area contributed by atoms with Crippen LogP contribution in [0.4, 0.5) is 0 Å². The molecule has 0 aliphatic heterocycles. The second-order valence-corrected chi connectivity index (χ2v) is 9.42. The molecule has 0 saturated carbocycles. The Bertz CT molecular complexity index is 844. The van der Waals surface area contributed by atoms with E-state index in [1.165, 1.54) is 5.56 Å². The van der Waals surface area contributed by atoms with Gasteiger partial charge in [0.05, 0.1) is 0 Å². The predicted molar refractivity (Wildman–Crippen MR) is 132 cm³/mol. The van der Waals surface area contributed by atoms with Gasteiger partial charge in [-0.25, -0.2) is 0 Å². The van der Waals surface area contributed by atoms with Crippen LogP contribution >= 0.6 is 35.0 Å². The van der Waals surface area contributed by atoms with Crippen LogP contribution in [0.15, 0.2) is 48.5 Å². The van der Waals surface area contributed by atoms with Crippen molar-refractivity contribution in [2.75, 3.05) is 5.75 Å². The first-order valence-electron chi connectivity index (χ1n) is 10.5. The third kappa shape index (κ3) is 8.06. The zero-order valence-corrected chi connectivity index (χ0v) is 20.6. The van der Waals surface area contributed by atoms with Crippen molar-refractivity contribution in [3.05, 3.63) is 69.7 Å². The molecule has 0 unspecified atom stereocenters. The van der Waals surface area contributed by atoms with E-state index >= 15 is 0 Å². The fraction of sp³-hybridized carbons (Fsp3) is 0.417. The molecule has 2 rings (SSSR count). The SMILES string of the molecule is CC[C@@H](C)NC(=O)[C@H](C)N(Cc1c(Cl)cccc1Cl)C(=O)CCSCc1ccccc1. The topological polar surface area (TPSA) is 49.4 Å². The van der Waals surface area contributed by atoms with Crippen LogP contribution in [0.2, 0.25) is 10.0 Å². The van der Waals surface area contributed by atoms with Crippen molar-refractivity contribution in [1.82, 2.24) is 10.2 Å². The number of amides is 2. The van der Waals surface area contributed by atoms with E-state index in [-0.39, 0.29) is 24.4 Å². The number of carbonyl (C=O) groups excluding carboxylic acids is 2. The molecule has 4 nitrogen and oxygen atoms in total. The molecule has 0 fully saturated rings. The monoisotopic (exact) mass is 480 g/mol. The van der Waals surface area contributed by atoms with Gasteiger partial charge in [0.2, 0.25) is 11.8 Å². The van der Waals surface area contributed by atoms with E-state index in [9.17, 15) is 9.59 Å². The molecule has 0 heterocycles. The van der Waals surface area contributed by atoms with Crippen molar-refractivity contribution in [2.24, 2.45) is 0 Å². The van der Waals surface area contributed by atoms with E-state index in [4.69, 9.17) is 23.2 Å². The van der Waals surface area contributed by atoms with Crippen molar-refractivity contribution in [3.63, 3.8) is 0 Å². The second kappa shape index (κ2) is 13.0. The van der Waals surface area contributed by atoms with E-state index in [0.29, 0.717) is 27.8 Å². The number of nitrogens with zero attached hydrogens (tertiary/aromatic N) is 1. The Hall–Kier alpha value is -1.69. The third-order valence-electron chi connectivity index (χ3n) is 5.13. The summed E-state index contributed by atoms with van der Waals surface area (Å²) < 4.78 is 0. The average Bonchev–Trinajstić information content (AvgIpc) is 2.76. The minimum atomic E-state index is -0.632. The predicted octanol–water partition coefficient (Wildman–Crippen LogP) is 5.95. The van der Waals surface area contributed by atoms with Crippen molar-refractivity contribution in [3.8, 4) is 0 Å². The summed E-state index contributed by atoms with van der Waals surface area (Å²) in [4.78, 5) is 27.5. The maximum Gasteiger partial charge on any atom is 0.242 e. The van der Waals surface area contributed by atoms with Crippen LogP contribution in [0.25, 0.3) is 0 Å². The molecule has 0 saturated heterocycles. The smallest absolute Gasteiger partial charge is 0.242 e. The van der Waals surface area contributed by atoms with Gasteiger partial charge in [0, 0.05) is 46.1 Å². The molecule has 168 valence electrons. The molecule has 0 aliphatic rings. The summed E-state index contributed by atoms with van der Waals surface area (Å²) in [6.07, 6.45) is 1.15. The molecule has 31 heavy (non-hydrogen) atoms. The summed E-state index contributed by atoms with van der Waals surface area (Å²) >= 11 is 14.4. The summed E-state index contributed by atoms with van der Waals surface area (Å²) in [5.74, 6) is 1.24. The zero-order chi connectivity index (χ0) is 22.8. The Balaban J connectivity index is 2.08. The Kier molecular flexibility index (Phi) is 10.7. The van der Waals surface area contributed by atoms with Crippen LogP contribution in [-0.4, -0.2) is 34.6 Å². The molecule has 0 radical (unpaired) electrons. The van der Waals surface area contributed by atoms with Crippen molar-refractivity contribution in [2.45, 2.75) is 58.0 Å². The number of rotatable bonds is 11. The maximum absolute atomic E-state index is 13.1. The molecule has 7 heteroatoms. The van der Waals surface area contributed by atoms with E-state index in [1.54, 1.807) is 41.8 Å². The lowest BCUT2D eigenvalue weighted by atomic mass is 10.1. The minimum Gasteiger partial charge on any atom is -0.352 e. The largest absolute Gasteiger partial charge is 0.352 e. The standard InChI is InChI=1S/C24H30Cl2N2O2S/c1-4-17(2)27-24(30)18(3)28(15-20-21(25)11-8-12-22(20)26)23(29)13-14-31-16-19-9-6-5-7-10-19/h5-12,17-18H,4,13-16H2,1-3H3,(H,27,30)/t17-,18+/m1/s1. The lowest BCUT2D eigenvalue weighted by Crippen LogP contribution is -2.49. The zero-order valence-electron chi connectivity index (χ0n) is 18.2. The Morgan fingerprint density at radius 1 is 1.03 bits per heavy atom. The van der Waals surface area contributed by atoms with Gasteiger partial charge in [0.1, 0.15) is 6.04 Å². The number of thioether (sulfide) groups is 1. The minimum absolute atomic E-state index is 0.0391. The van der Waals surface area contributed by atoms with E-state index in [2.05, 4.69) is 17.4 Å². The Morgan fingerprint density at radius 2 is 1.68 bits per heavy atom. The van der Waals surface area contributed by atoms with Gasteiger partial charge in [-0.2, -0.15) is 11.8 Å². The van der Waals surface area contributed by atoms with Gasteiger partial charge in [-0.05, 0) is 38.0 Å². The van der Waals surface area contributed by atoms with Crippen LogP contribution in [0.3, 0.4) is 0 Å². The van der Waals surface area contributed by atoms with Gasteiger partial charge in [-0.3, -0.25) is 9.59 Å². The quantitative estimate of drug-likeness (QED) is 0.404. The first kappa shape index (κ1) is 25.6. The average molecular weight is 481 g/mol. The van der Waals surface area contributed by atoms with Crippen LogP contribution in [0, 0.1) is 0 Å². The molecule has 0 aliphatic carbocycles. The van der Waals surface area contributed by atoms with Gasteiger partial charge in [-0.15, -0.1) is 0 Å². The molecule has 2 amide bonds. The highest BCUT2D eigenvalue weighted by Gasteiger charge is 2.27. The van der Waals surface area contributed by atoms with E-state index in [1.807, 2.05) is 32.0 Å². The molecule has 2 aromatic carbocycles. The van der Waals surface area contributed by atoms with E-state index in [0.717, 1.165) is 12.2 Å². The van der Waals surface area contributed by atoms with Crippen LogP contribution in [-0.2, 0) is 21.9 Å². The molecule has 0 spiro atoms. The molecule has 2 atom stereocenters. The molecule has 2 aromatic rings. The van der Waals surface area contributed by atoms with Crippen LogP contribution in [0.1, 0.15) is 44.7 Å². The summed E-state index contributed by atoms with van der Waals surface area (Å²) in [6.45, 7) is 5.89. The molecule has 1 N–H and O–H groups in total. The lowest BCUT2D eigenvalue weighted by molar-refractivity contribution is -0.140. The van der Waals surface area contributed by atoms with Gasteiger partial charge < -0.3 is 10.2 Å². The first-order valence-corrected chi connectivity index (χ1v) is 12.4. The highest BCUT2D eigenvalue weighted by molar-refractivity contribution is 7.98. The van der Waals surface area contributed by atoms with Gasteiger partial charge in [0.15, 0.2) is 0 Å². The Morgan fingerprint density at radius 3 is 2.29 bits per heavy atom. The van der Waals surface area contributed by atoms with Crippen LogP contribution < -0.4 is 5.32 Å². The maximum atomic E-state index is 13.1. The van der Waals surface area contributed by atoms with Crippen molar-refractivity contribution < 1.29 is 9.59 Å². The summed E-state index contributed by atoms with van der Waals surface area (Å²) in [6, 6.07) is 14.8. The highest BCUT2D eigenvalue weighted by Crippen LogP contribution is 2.27. The number of hydrogen-bond donors (Lipinski definition) is 1. The molecular weight excluding hydrogens is 451 g/mol. The fourth-order valence-corrected chi connectivity index (χ4v) is 4.38. The highest BCUT2D eigenvalue weighted by atomic mass is 35.5. The molecule has 0 aromatic heterocycles. The summed E-state index contributed by atoms with van der Waals surface area (Å²) in [7, 11) is 0. The second-order valence-electron chi connectivity index (χ2n) is 7.50. The fourth-order valence-electron chi connectivity index (χ4n) is 2.97. The molecule has 0 bridgehead atoms. The van der Waals surface area contributed by atoms with Crippen molar-refractivity contribution >= 4 is 46.8 Å². The third-order valence-corrected chi connectivity index (χ3v) is 6.87. The number of nitrogens with one attached hydrogen (secondary N) is 1. The van der Waals surface area contributed by atoms with E-state index < -0.39 is 6.04 Å². The number of benzene rings is 2. The van der Waals surface area contributed by atoms with Gasteiger partial charge in [0.25, 0.3) is 0 Å². The molecular formula is C24H30Cl2N2O2S.